The summed E-state index contributed by atoms with van der Waals surface area (Å²) in [7, 11) is 1.69. The van der Waals surface area contributed by atoms with E-state index in [9.17, 15) is 4.79 Å². The Bertz CT molecular complexity index is 398. The fourth-order valence-corrected chi connectivity index (χ4v) is 2.18. The first kappa shape index (κ1) is 14.5. The molecule has 17 heavy (non-hydrogen) atoms. The second-order valence-electron chi connectivity index (χ2n) is 4.17. The van der Waals surface area contributed by atoms with Crippen LogP contribution in [0.2, 0.25) is 0 Å². The van der Waals surface area contributed by atoms with E-state index in [-0.39, 0.29) is 10.6 Å². The number of hydrogen-bond donors (Lipinski definition) is 0. The van der Waals surface area contributed by atoms with Crippen LogP contribution < -0.4 is 0 Å². The second kappa shape index (κ2) is 6.36. The van der Waals surface area contributed by atoms with Gasteiger partial charge in [0.15, 0.2) is 5.78 Å². The predicted octanol–water partition coefficient (Wildman–Crippen LogP) is 3.11. The van der Waals surface area contributed by atoms with Gasteiger partial charge in [0.05, 0.1) is 11.4 Å². The summed E-state index contributed by atoms with van der Waals surface area (Å²) in [5.74, 6) is 0.171. The summed E-state index contributed by atoms with van der Waals surface area (Å²) in [5, 5.41) is 0. The van der Waals surface area contributed by atoms with Crippen molar-refractivity contribution in [2.75, 3.05) is 13.7 Å². The van der Waals surface area contributed by atoms with Crippen molar-refractivity contribution in [3.8, 4) is 0 Å². The molecule has 0 saturated carbocycles. The van der Waals surface area contributed by atoms with E-state index in [1.54, 1.807) is 7.11 Å². The number of alkyl halides is 1. The van der Waals surface area contributed by atoms with Crippen LogP contribution in [0.5, 0.6) is 0 Å². The molecule has 1 unspecified atom stereocenters. The van der Waals surface area contributed by atoms with E-state index in [4.69, 9.17) is 4.74 Å². The molecule has 96 valence electrons. The fourth-order valence-electron chi connectivity index (χ4n) is 1.93. The highest BCUT2D eigenvalue weighted by Gasteiger charge is 2.20. The number of rotatable bonds is 6. The highest BCUT2D eigenvalue weighted by Crippen LogP contribution is 2.20. The molecule has 4 heteroatoms. The fraction of sp³-hybridized carbons (Fsp3) is 0.615. The zero-order chi connectivity index (χ0) is 13.0. The number of methoxy groups -OCH3 is 1. The summed E-state index contributed by atoms with van der Waals surface area (Å²) in [6.07, 6.45) is 0.806. The van der Waals surface area contributed by atoms with E-state index in [0.29, 0.717) is 6.61 Å². The van der Waals surface area contributed by atoms with Crippen molar-refractivity contribution in [2.24, 2.45) is 0 Å². The first-order valence-electron chi connectivity index (χ1n) is 5.86. The monoisotopic (exact) mass is 301 g/mol. The SMILES string of the molecule is CCC(Br)C(=O)c1cc(C)n(CCOC)c1C. The second-order valence-corrected chi connectivity index (χ2v) is 5.27. The Balaban J connectivity index is 2.99. The first-order valence-corrected chi connectivity index (χ1v) is 6.78. The summed E-state index contributed by atoms with van der Waals surface area (Å²) in [4.78, 5) is 12.1. The average molecular weight is 302 g/mol. The number of hydrogen-bond acceptors (Lipinski definition) is 2. The third kappa shape index (κ3) is 3.19. The Hall–Kier alpha value is -0.610. The molecule has 0 saturated heterocycles. The van der Waals surface area contributed by atoms with Gasteiger partial charge < -0.3 is 9.30 Å². The van der Waals surface area contributed by atoms with Gasteiger partial charge in [0, 0.05) is 30.6 Å². The third-order valence-corrected chi connectivity index (χ3v) is 4.06. The maximum absolute atomic E-state index is 12.1. The maximum Gasteiger partial charge on any atom is 0.178 e. The molecule has 0 aliphatic carbocycles. The van der Waals surface area contributed by atoms with Crippen LogP contribution in [0, 0.1) is 13.8 Å². The molecule has 0 spiro atoms. The number of aromatic nitrogens is 1. The van der Waals surface area contributed by atoms with Gasteiger partial charge in [-0.05, 0) is 26.3 Å². The van der Waals surface area contributed by atoms with Crippen molar-refractivity contribution in [3.05, 3.63) is 23.0 Å². The minimum Gasteiger partial charge on any atom is -0.383 e. The minimum absolute atomic E-state index is 0.0844. The van der Waals surface area contributed by atoms with E-state index in [0.717, 1.165) is 29.9 Å². The highest BCUT2D eigenvalue weighted by molar-refractivity contribution is 9.10. The summed E-state index contributed by atoms with van der Waals surface area (Å²) in [6.45, 7) is 7.47. The standard InChI is InChI=1S/C13H20BrNO2/c1-5-12(14)13(16)11-8-9(2)15(10(11)3)6-7-17-4/h8,12H,5-7H2,1-4H3. The van der Waals surface area contributed by atoms with Crippen LogP contribution in [0.3, 0.4) is 0 Å². The van der Waals surface area contributed by atoms with Crippen LogP contribution in [-0.4, -0.2) is 28.9 Å². The molecule has 0 aliphatic heterocycles. The molecule has 3 nitrogen and oxygen atoms in total. The molecule has 0 radical (unpaired) electrons. The molecule has 1 atom stereocenters. The molecule has 0 aliphatic rings. The van der Waals surface area contributed by atoms with Crippen molar-refractivity contribution in [1.82, 2.24) is 4.57 Å². The number of nitrogens with zero attached hydrogens (tertiary/aromatic N) is 1. The molecule has 1 aromatic heterocycles. The van der Waals surface area contributed by atoms with Crippen LogP contribution in [0.1, 0.15) is 35.1 Å². The molecule has 0 N–H and O–H groups in total. The van der Waals surface area contributed by atoms with Gasteiger partial charge in [0.2, 0.25) is 0 Å². The molecule has 0 fully saturated rings. The minimum atomic E-state index is -0.0844. The molecule has 1 heterocycles. The Morgan fingerprint density at radius 3 is 2.71 bits per heavy atom. The summed E-state index contributed by atoms with van der Waals surface area (Å²) < 4.78 is 7.21. The van der Waals surface area contributed by atoms with Gasteiger partial charge in [-0.15, -0.1) is 0 Å². The Morgan fingerprint density at radius 1 is 1.53 bits per heavy atom. The van der Waals surface area contributed by atoms with Gasteiger partial charge in [-0.2, -0.15) is 0 Å². The Labute approximate surface area is 111 Å². The number of carbonyl (C=O) groups excluding carboxylic acids is 1. The molecule has 0 amide bonds. The van der Waals surface area contributed by atoms with Gasteiger partial charge >= 0.3 is 0 Å². The van der Waals surface area contributed by atoms with Crippen molar-refractivity contribution < 1.29 is 9.53 Å². The molecule has 1 rings (SSSR count). The highest BCUT2D eigenvalue weighted by atomic mass is 79.9. The average Bonchev–Trinajstić information content (AvgIpc) is 2.60. The smallest absolute Gasteiger partial charge is 0.178 e. The van der Waals surface area contributed by atoms with Crippen LogP contribution in [0.4, 0.5) is 0 Å². The van der Waals surface area contributed by atoms with Gasteiger partial charge in [-0.25, -0.2) is 0 Å². The maximum atomic E-state index is 12.1. The number of halogens is 1. The van der Waals surface area contributed by atoms with Crippen LogP contribution >= 0.6 is 15.9 Å². The third-order valence-electron chi connectivity index (χ3n) is 3.00. The lowest BCUT2D eigenvalue weighted by atomic mass is 10.1. The van der Waals surface area contributed by atoms with Crippen molar-refractivity contribution in [3.63, 3.8) is 0 Å². The lowest BCUT2D eigenvalue weighted by Gasteiger charge is -2.09. The largest absolute Gasteiger partial charge is 0.383 e. The molecular formula is C13H20BrNO2. The summed E-state index contributed by atoms with van der Waals surface area (Å²) in [5.41, 5.74) is 2.96. The topological polar surface area (TPSA) is 31.2 Å². The lowest BCUT2D eigenvalue weighted by Crippen LogP contribution is -2.14. The predicted molar refractivity (Wildman–Crippen MR) is 73.1 cm³/mol. The Morgan fingerprint density at radius 2 is 2.18 bits per heavy atom. The van der Waals surface area contributed by atoms with Gasteiger partial charge in [0.25, 0.3) is 0 Å². The van der Waals surface area contributed by atoms with E-state index in [2.05, 4.69) is 20.5 Å². The molecule has 1 aromatic rings. The van der Waals surface area contributed by atoms with Gasteiger partial charge in [-0.1, -0.05) is 22.9 Å². The Kier molecular flexibility index (Phi) is 5.40. The van der Waals surface area contributed by atoms with Crippen molar-refractivity contribution in [2.45, 2.75) is 38.6 Å². The molecule has 0 aromatic carbocycles. The van der Waals surface area contributed by atoms with Crippen LogP contribution in [-0.2, 0) is 11.3 Å². The number of carbonyl (C=O) groups is 1. The van der Waals surface area contributed by atoms with Crippen LogP contribution in [0.15, 0.2) is 6.07 Å². The van der Waals surface area contributed by atoms with E-state index < -0.39 is 0 Å². The van der Waals surface area contributed by atoms with Crippen LogP contribution in [0.25, 0.3) is 0 Å². The molecule has 0 bridgehead atoms. The number of aryl methyl sites for hydroxylation is 1. The quantitative estimate of drug-likeness (QED) is 0.597. The van der Waals surface area contributed by atoms with E-state index >= 15 is 0 Å². The number of ketones is 1. The summed E-state index contributed by atoms with van der Waals surface area (Å²) >= 11 is 3.42. The first-order chi connectivity index (χ1) is 8.02. The van der Waals surface area contributed by atoms with Crippen molar-refractivity contribution >= 4 is 21.7 Å². The zero-order valence-corrected chi connectivity index (χ0v) is 12.5. The number of ether oxygens (including phenoxy) is 1. The summed E-state index contributed by atoms with van der Waals surface area (Å²) in [6, 6.07) is 1.97. The normalized spacial score (nSPS) is 12.8. The van der Waals surface area contributed by atoms with Crippen molar-refractivity contribution in [1.29, 1.82) is 0 Å². The zero-order valence-electron chi connectivity index (χ0n) is 10.9. The van der Waals surface area contributed by atoms with Gasteiger partial charge in [-0.3, -0.25) is 4.79 Å². The molecular weight excluding hydrogens is 282 g/mol. The van der Waals surface area contributed by atoms with E-state index in [1.807, 2.05) is 26.8 Å². The van der Waals surface area contributed by atoms with Gasteiger partial charge in [0.1, 0.15) is 0 Å². The lowest BCUT2D eigenvalue weighted by molar-refractivity contribution is 0.0989. The van der Waals surface area contributed by atoms with E-state index in [1.165, 1.54) is 0 Å². The number of Topliss-reactive ketones (excluding diaryl/α,β-unsaturated/α-hetero) is 1.